The van der Waals surface area contributed by atoms with E-state index in [1.165, 1.54) is 0 Å². The van der Waals surface area contributed by atoms with Crippen LogP contribution < -0.4 is 5.32 Å². The molecular formula is C11H7N3. The smallest absolute Gasteiger partial charge is 0.0992 e. The van der Waals surface area contributed by atoms with Gasteiger partial charge in [-0.15, -0.1) is 0 Å². The molecular weight excluding hydrogens is 174 g/mol. The van der Waals surface area contributed by atoms with Crippen molar-refractivity contribution in [2.45, 2.75) is 0 Å². The van der Waals surface area contributed by atoms with Crippen LogP contribution in [0.4, 0.5) is 5.69 Å². The molecule has 0 fully saturated rings. The molecule has 0 aliphatic carbocycles. The number of benzene rings is 1. The molecule has 0 unspecified atom stereocenters. The molecule has 66 valence electrons. The van der Waals surface area contributed by atoms with Gasteiger partial charge in [-0.25, -0.2) is 0 Å². The summed E-state index contributed by atoms with van der Waals surface area (Å²) < 4.78 is 0. The highest BCUT2D eigenvalue weighted by Gasteiger charge is 2.09. The van der Waals surface area contributed by atoms with Crippen LogP contribution in [0.2, 0.25) is 0 Å². The summed E-state index contributed by atoms with van der Waals surface area (Å²) in [6, 6.07) is 9.57. The molecule has 0 aromatic heterocycles. The second kappa shape index (κ2) is 3.24. The van der Waals surface area contributed by atoms with Gasteiger partial charge in [-0.2, -0.15) is 10.5 Å². The lowest BCUT2D eigenvalue weighted by Crippen LogP contribution is -2.09. The molecule has 1 aliphatic heterocycles. The van der Waals surface area contributed by atoms with Crippen molar-refractivity contribution in [1.82, 2.24) is 0 Å². The maximum absolute atomic E-state index is 8.71. The minimum Gasteiger partial charge on any atom is -0.380 e. The number of hydrogen-bond acceptors (Lipinski definition) is 3. The Hall–Kier alpha value is -2.26. The summed E-state index contributed by atoms with van der Waals surface area (Å²) in [4.78, 5) is 0. The van der Waals surface area contributed by atoms with Gasteiger partial charge in [-0.05, 0) is 23.8 Å². The summed E-state index contributed by atoms with van der Waals surface area (Å²) in [7, 11) is 0. The molecule has 0 saturated carbocycles. The van der Waals surface area contributed by atoms with E-state index in [1.807, 2.05) is 12.1 Å². The molecule has 0 atom stereocenters. The van der Waals surface area contributed by atoms with Crippen LogP contribution >= 0.6 is 0 Å². The molecule has 0 amide bonds. The van der Waals surface area contributed by atoms with Gasteiger partial charge in [0, 0.05) is 11.3 Å². The van der Waals surface area contributed by atoms with Crippen LogP contribution in [0.15, 0.2) is 23.8 Å². The summed E-state index contributed by atoms with van der Waals surface area (Å²) in [5.41, 5.74) is 3.22. The van der Waals surface area contributed by atoms with Crippen molar-refractivity contribution in [1.29, 1.82) is 10.5 Å². The third-order valence-electron chi connectivity index (χ3n) is 2.13. The van der Waals surface area contributed by atoms with E-state index in [2.05, 4.69) is 17.5 Å². The minimum atomic E-state index is 0.540. The predicted octanol–water partition coefficient (Wildman–Crippen LogP) is 1.89. The van der Waals surface area contributed by atoms with Crippen LogP contribution in [0.25, 0.3) is 6.08 Å². The quantitative estimate of drug-likeness (QED) is 0.664. The van der Waals surface area contributed by atoms with Crippen LogP contribution in [0.3, 0.4) is 0 Å². The van der Waals surface area contributed by atoms with Crippen molar-refractivity contribution in [3.8, 4) is 12.1 Å². The summed E-state index contributed by atoms with van der Waals surface area (Å²) in [6.07, 6.45) is 1.84. The van der Waals surface area contributed by atoms with Gasteiger partial charge in [0.1, 0.15) is 0 Å². The molecule has 0 saturated heterocycles. The zero-order valence-corrected chi connectivity index (χ0v) is 7.41. The Morgan fingerprint density at radius 2 is 2.07 bits per heavy atom. The van der Waals surface area contributed by atoms with Gasteiger partial charge in [0.15, 0.2) is 0 Å². The second-order valence-corrected chi connectivity index (χ2v) is 3.05. The molecule has 0 bridgehead atoms. The monoisotopic (exact) mass is 181 g/mol. The maximum atomic E-state index is 8.71. The van der Waals surface area contributed by atoms with Crippen LogP contribution in [0, 0.1) is 22.7 Å². The van der Waals surface area contributed by atoms with Crippen molar-refractivity contribution in [3.63, 3.8) is 0 Å². The van der Waals surface area contributed by atoms with Gasteiger partial charge >= 0.3 is 0 Å². The van der Waals surface area contributed by atoms with E-state index in [4.69, 9.17) is 10.5 Å². The highest BCUT2D eigenvalue weighted by atomic mass is 14.9. The third-order valence-corrected chi connectivity index (χ3v) is 2.13. The topological polar surface area (TPSA) is 59.6 Å². The molecule has 3 nitrogen and oxygen atoms in total. The molecule has 2 rings (SSSR count). The summed E-state index contributed by atoms with van der Waals surface area (Å²) >= 11 is 0. The second-order valence-electron chi connectivity index (χ2n) is 3.05. The van der Waals surface area contributed by atoms with Crippen LogP contribution in [0.1, 0.15) is 11.1 Å². The Balaban J connectivity index is 2.49. The third kappa shape index (κ3) is 1.32. The fourth-order valence-electron chi connectivity index (χ4n) is 1.41. The van der Waals surface area contributed by atoms with Crippen molar-refractivity contribution in [3.05, 3.63) is 34.9 Å². The number of nitrogens with one attached hydrogen (secondary N) is 1. The Morgan fingerprint density at radius 1 is 1.21 bits per heavy atom. The van der Waals surface area contributed by atoms with Gasteiger partial charge in [0.25, 0.3) is 0 Å². The number of hydrogen-bond donors (Lipinski definition) is 1. The van der Waals surface area contributed by atoms with Gasteiger partial charge in [-0.3, -0.25) is 0 Å². The number of nitriles is 2. The predicted molar refractivity (Wildman–Crippen MR) is 53.2 cm³/mol. The molecule has 14 heavy (non-hydrogen) atoms. The average molecular weight is 181 g/mol. The van der Waals surface area contributed by atoms with Gasteiger partial charge in [0.2, 0.25) is 0 Å². The lowest BCUT2D eigenvalue weighted by Gasteiger charge is -2.14. The van der Waals surface area contributed by atoms with Crippen LogP contribution in [0.5, 0.6) is 0 Å². The van der Waals surface area contributed by atoms with Gasteiger partial charge < -0.3 is 5.32 Å². The van der Waals surface area contributed by atoms with E-state index in [9.17, 15) is 0 Å². The molecule has 1 aliphatic rings. The molecule has 0 radical (unpaired) electrons. The van der Waals surface area contributed by atoms with Crippen molar-refractivity contribution in [2.24, 2.45) is 0 Å². The Labute approximate surface area is 81.9 Å². The fourth-order valence-corrected chi connectivity index (χ4v) is 1.41. The first-order valence-corrected chi connectivity index (χ1v) is 4.22. The molecule has 1 aromatic rings. The van der Waals surface area contributed by atoms with Crippen LogP contribution in [-0.4, -0.2) is 6.54 Å². The SMILES string of the molecule is N#CC1=Cc2ccc(C#N)cc2NC1. The van der Waals surface area contributed by atoms with E-state index in [1.54, 1.807) is 12.1 Å². The Morgan fingerprint density at radius 3 is 2.79 bits per heavy atom. The minimum absolute atomic E-state index is 0.540. The fraction of sp³-hybridized carbons (Fsp3) is 0.0909. The first kappa shape index (κ1) is 8.34. The first-order chi connectivity index (χ1) is 6.83. The summed E-state index contributed by atoms with van der Waals surface area (Å²) in [5.74, 6) is 0. The van der Waals surface area contributed by atoms with Crippen LogP contribution in [-0.2, 0) is 0 Å². The standard InChI is InChI=1S/C11H7N3/c12-5-8-1-2-10-3-9(6-13)7-14-11(10)4-8/h1-4,14H,7H2. The number of anilines is 1. The van der Waals surface area contributed by atoms with Crippen molar-refractivity contribution in [2.75, 3.05) is 11.9 Å². The Kier molecular flexibility index (Phi) is 1.93. The number of fused-ring (bicyclic) bond motifs is 1. The molecule has 1 aromatic carbocycles. The molecule has 1 N–H and O–H groups in total. The number of nitrogens with zero attached hydrogens (tertiary/aromatic N) is 2. The molecule has 0 spiro atoms. The first-order valence-electron chi connectivity index (χ1n) is 4.22. The van der Waals surface area contributed by atoms with Crippen molar-refractivity contribution >= 4 is 11.8 Å². The van der Waals surface area contributed by atoms with Gasteiger partial charge in [-0.1, -0.05) is 6.07 Å². The summed E-state index contributed by atoms with van der Waals surface area (Å²) in [6.45, 7) is 0.540. The Bertz CT molecular complexity index is 486. The van der Waals surface area contributed by atoms with E-state index < -0.39 is 0 Å². The van der Waals surface area contributed by atoms with Gasteiger partial charge in [0.05, 0.1) is 24.2 Å². The largest absolute Gasteiger partial charge is 0.380 e. The van der Waals surface area contributed by atoms with E-state index >= 15 is 0 Å². The van der Waals surface area contributed by atoms with E-state index in [-0.39, 0.29) is 0 Å². The highest BCUT2D eigenvalue weighted by Crippen LogP contribution is 2.24. The average Bonchev–Trinajstić information content (AvgIpc) is 2.27. The zero-order chi connectivity index (χ0) is 9.97. The zero-order valence-electron chi connectivity index (χ0n) is 7.41. The number of rotatable bonds is 0. The maximum Gasteiger partial charge on any atom is 0.0992 e. The van der Waals surface area contributed by atoms with Crippen molar-refractivity contribution < 1.29 is 0 Å². The molecule has 3 heteroatoms. The normalized spacial score (nSPS) is 12.9. The van der Waals surface area contributed by atoms with E-state index in [0.717, 1.165) is 11.3 Å². The lowest BCUT2D eigenvalue weighted by atomic mass is 10.0. The lowest BCUT2D eigenvalue weighted by molar-refractivity contribution is 1.24. The summed E-state index contributed by atoms with van der Waals surface area (Å²) in [5, 5.41) is 20.5. The molecule has 1 heterocycles. The van der Waals surface area contributed by atoms with E-state index in [0.29, 0.717) is 17.7 Å². The highest BCUT2D eigenvalue weighted by molar-refractivity contribution is 5.75.